The lowest BCUT2D eigenvalue weighted by molar-refractivity contribution is -0.140. The highest BCUT2D eigenvalue weighted by Gasteiger charge is 2.37. The number of para-hydroxylation sites is 1. The molecule has 1 amide bonds. The molecule has 0 aromatic heterocycles. The van der Waals surface area contributed by atoms with Crippen molar-refractivity contribution in [3.8, 4) is 0 Å². The normalized spacial score (nSPS) is 18.8. The van der Waals surface area contributed by atoms with Gasteiger partial charge in [0.15, 0.2) is 0 Å². The Balaban J connectivity index is 1.86. The molecule has 1 aromatic rings. The van der Waals surface area contributed by atoms with E-state index in [0.717, 1.165) is 17.2 Å². The third-order valence-electron chi connectivity index (χ3n) is 4.13. The summed E-state index contributed by atoms with van der Waals surface area (Å²) < 4.78 is 0. The highest BCUT2D eigenvalue weighted by atomic mass is 32.2. The van der Waals surface area contributed by atoms with E-state index in [-0.39, 0.29) is 11.9 Å². The number of hydrogen-bond donors (Lipinski definition) is 2. The van der Waals surface area contributed by atoms with Crippen LogP contribution in [0.15, 0.2) is 30.3 Å². The molecular formula is C16H24N2O2S. The molecule has 5 heteroatoms. The average molecular weight is 308 g/mol. The molecule has 1 heterocycles. The Bertz CT molecular complexity index is 461. The smallest absolute Gasteiger partial charge is 0.252 e. The number of carbonyl (C=O) groups is 1. The van der Waals surface area contributed by atoms with Gasteiger partial charge in [0.25, 0.3) is 5.91 Å². The van der Waals surface area contributed by atoms with Crippen LogP contribution in [0.25, 0.3) is 0 Å². The number of benzene rings is 1. The molecule has 1 aromatic carbocycles. The summed E-state index contributed by atoms with van der Waals surface area (Å²) in [5, 5.41) is 13.3. The largest absolute Gasteiger partial charge is 0.380 e. The fraction of sp³-hybridized carbons (Fsp3) is 0.562. The van der Waals surface area contributed by atoms with Crippen LogP contribution in [0.3, 0.4) is 0 Å². The van der Waals surface area contributed by atoms with Gasteiger partial charge in [0, 0.05) is 25.3 Å². The second-order valence-corrected chi connectivity index (χ2v) is 6.87. The van der Waals surface area contributed by atoms with Crippen molar-refractivity contribution >= 4 is 23.4 Å². The number of nitrogens with zero attached hydrogens (tertiary/aromatic N) is 1. The Labute approximate surface area is 130 Å². The third-order valence-corrected chi connectivity index (χ3v) is 5.11. The molecule has 4 nitrogen and oxygen atoms in total. The molecular weight excluding hydrogens is 284 g/mol. The van der Waals surface area contributed by atoms with E-state index in [0.29, 0.717) is 19.4 Å². The van der Waals surface area contributed by atoms with E-state index >= 15 is 0 Å². The zero-order chi connectivity index (χ0) is 15.3. The van der Waals surface area contributed by atoms with Crippen molar-refractivity contribution in [3.63, 3.8) is 0 Å². The maximum absolute atomic E-state index is 12.2. The molecule has 0 radical (unpaired) electrons. The number of amides is 1. The zero-order valence-corrected chi connectivity index (χ0v) is 13.5. The maximum atomic E-state index is 12.2. The van der Waals surface area contributed by atoms with Crippen LogP contribution in [0, 0.1) is 0 Å². The van der Waals surface area contributed by atoms with Crippen LogP contribution in [0.1, 0.15) is 19.8 Å². The Kier molecular flexibility index (Phi) is 5.53. The number of anilines is 1. The van der Waals surface area contributed by atoms with Crippen LogP contribution in [0.2, 0.25) is 0 Å². The molecule has 116 valence electrons. The Morgan fingerprint density at radius 1 is 1.38 bits per heavy atom. The minimum Gasteiger partial charge on any atom is -0.380 e. The van der Waals surface area contributed by atoms with Gasteiger partial charge in [0.05, 0.1) is 0 Å². The van der Waals surface area contributed by atoms with E-state index in [1.165, 1.54) is 0 Å². The summed E-state index contributed by atoms with van der Waals surface area (Å²) in [6.07, 6.45) is 1.10. The molecule has 1 aliphatic rings. The van der Waals surface area contributed by atoms with Crippen LogP contribution in [0.4, 0.5) is 5.69 Å². The summed E-state index contributed by atoms with van der Waals surface area (Å²) in [5.41, 5.74) is -0.0527. The molecule has 1 aliphatic heterocycles. The summed E-state index contributed by atoms with van der Waals surface area (Å²) in [7, 11) is 2.01. The maximum Gasteiger partial charge on any atom is 0.252 e. The predicted molar refractivity (Wildman–Crippen MR) is 88.8 cm³/mol. The van der Waals surface area contributed by atoms with Gasteiger partial charge in [-0.25, -0.2) is 0 Å². The Morgan fingerprint density at radius 2 is 2.00 bits per heavy atom. The lowest BCUT2D eigenvalue weighted by Gasteiger charge is -2.32. The van der Waals surface area contributed by atoms with Crippen molar-refractivity contribution < 1.29 is 9.90 Å². The van der Waals surface area contributed by atoms with Crippen molar-refractivity contribution in [2.45, 2.75) is 31.4 Å². The van der Waals surface area contributed by atoms with E-state index in [2.05, 4.69) is 17.1 Å². The van der Waals surface area contributed by atoms with Crippen molar-refractivity contribution in [3.05, 3.63) is 30.3 Å². The van der Waals surface area contributed by atoms with Crippen LogP contribution >= 0.6 is 11.8 Å². The monoisotopic (exact) mass is 308 g/mol. The van der Waals surface area contributed by atoms with Gasteiger partial charge in [-0.15, -0.1) is 0 Å². The van der Waals surface area contributed by atoms with E-state index in [1.807, 2.05) is 37.4 Å². The Hall–Kier alpha value is -1.20. The van der Waals surface area contributed by atoms with Crippen molar-refractivity contribution in [1.82, 2.24) is 5.32 Å². The number of aliphatic hydroxyl groups is 1. The second-order valence-electron chi connectivity index (χ2n) is 5.65. The summed E-state index contributed by atoms with van der Waals surface area (Å²) in [5.74, 6) is 1.48. The van der Waals surface area contributed by atoms with Gasteiger partial charge in [0.1, 0.15) is 5.60 Å². The van der Waals surface area contributed by atoms with Crippen LogP contribution in [0.5, 0.6) is 0 Å². The van der Waals surface area contributed by atoms with E-state index in [4.69, 9.17) is 0 Å². The lowest BCUT2D eigenvalue weighted by Crippen LogP contribution is -2.51. The molecule has 1 fully saturated rings. The van der Waals surface area contributed by atoms with Gasteiger partial charge in [-0.1, -0.05) is 18.2 Å². The average Bonchev–Trinajstić information content (AvgIpc) is 2.53. The first-order valence-corrected chi connectivity index (χ1v) is 8.55. The predicted octanol–water partition coefficient (Wildman–Crippen LogP) is 1.89. The first kappa shape index (κ1) is 16.2. The molecule has 1 saturated heterocycles. The number of rotatable bonds is 5. The number of hydrogen-bond acceptors (Lipinski definition) is 4. The molecule has 0 saturated carbocycles. The van der Waals surface area contributed by atoms with E-state index < -0.39 is 5.60 Å². The lowest BCUT2D eigenvalue weighted by atomic mass is 9.96. The van der Waals surface area contributed by atoms with Crippen molar-refractivity contribution in [2.24, 2.45) is 0 Å². The van der Waals surface area contributed by atoms with Crippen molar-refractivity contribution in [2.75, 3.05) is 30.0 Å². The Morgan fingerprint density at radius 3 is 2.62 bits per heavy atom. The summed E-state index contributed by atoms with van der Waals surface area (Å²) in [6.45, 7) is 2.59. The second kappa shape index (κ2) is 7.18. The SMILES string of the molecule is CC(CNC(=O)C1(O)CCSCC1)N(C)c1ccccc1. The van der Waals surface area contributed by atoms with Gasteiger partial charge < -0.3 is 15.3 Å². The number of carbonyl (C=O) groups excluding carboxylic acids is 1. The third kappa shape index (κ3) is 4.14. The summed E-state index contributed by atoms with van der Waals surface area (Å²) in [6, 6.07) is 10.2. The number of likely N-dealkylation sites (N-methyl/N-ethyl adjacent to an activating group) is 1. The van der Waals surface area contributed by atoms with Crippen LogP contribution < -0.4 is 10.2 Å². The topological polar surface area (TPSA) is 52.6 Å². The van der Waals surface area contributed by atoms with Gasteiger partial charge in [0.2, 0.25) is 0 Å². The highest BCUT2D eigenvalue weighted by molar-refractivity contribution is 7.99. The molecule has 0 spiro atoms. The molecule has 2 N–H and O–H groups in total. The molecule has 1 atom stereocenters. The summed E-state index contributed by atoms with van der Waals surface area (Å²) in [4.78, 5) is 14.3. The molecule has 21 heavy (non-hydrogen) atoms. The number of nitrogens with one attached hydrogen (secondary N) is 1. The molecule has 0 aliphatic carbocycles. The first-order chi connectivity index (χ1) is 10.0. The fourth-order valence-electron chi connectivity index (χ4n) is 2.40. The van der Waals surface area contributed by atoms with Crippen LogP contribution in [-0.4, -0.2) is 47.8 Å². The van der Waals surface area contributed by atoms with E-state index in [1.54, 1.807) is 11.8 Å². The molecule has 0 bridgehead atoms. The standard InChI is InChI=1S/C16H24N2O2S/c1-13(18(2)14-6-4-3-5-7-14)12-17-15(19)16(20)8-10-21-11-9-16/h3-7,13,20H,8-12H2,1-2H3,(H,17,19). The van der Waals surface area contributed by atoms with Crippen LogP contribution in [-0.2, 0) is 4.79 Å². The van der Waals surface area contributed by atoms with Gasteiger partial charge in [-0.2, -0.15) is 11.8 Å². The first-order valence-electron chi connectivity index (χ1n) is 7.39. The highest BCUT2D eigenvalue weighted by Crippen LogP contribution is 2.27. The van der Waals surface area contributed by atoms with Gasteiger partial charge in [-0.3, -0.25) is 4.79 Å². The zero-order valence-electron chi connectivity index (χ0n) is 12.7. The van der Waals surface area contributed by atoms with E-state index in [9.17, 15) is 9.90 Å². The minimum atomic E-state index is -1.17. The van der Waals surface area contributed by atoms with Crippen molar-refractivity contribution in [1.29, 1.82) is 0 Å². The minimum absolute atomic E-state index is 0.165. The summed E-state index contributed by atoms with van der Waals surface area (Å²) >= 11 is 1.79. The fourth-order valence-corrected chi connectivity index (χ4v) is 3.56. The van der Waals surface area contributed by atoms with Gasteiger partial charge in [-0.05, 0) is 43.4 Å². The van der Waals surface area contributed by atoms with Gasteiger partial charge >= 0.3 is 0 Å². The molecule has 1 unspecified atom stereocenters. The number of thioether (sulfide) groups is 1. The quantitative estimate of drug-likeness (QED) is 0.872. The molecule has 2 rings (SSSR count).